The van der Waals surface area contributed by atoms with Gasteiger partial charge in [-0.05, 0) is 37.9 Å². The van der Waals surface area contributed by atoms with Gasteiger partial charge in [-0.3, -0.25) is 4.90 Å². The lowest BCUT2D eigenvalue weighted by atomic mass is 9.85. The van der Waals surface area contributed by atoms with Crippen LogP contribution < -0.4 is 0 Å². The van der Waals surface area contributed by atoms with Crippen molar-refractivity contribution in [1.29, 1.82) is 0 Å². The largest absolute Gasteiger partial charge is 0.508 e. The van der Waals surface area contributed by atoms with Gasteiger partial charge in [-0.15, -0.1) is 0 Å². The molecule has 1 aliphatic carbocycles. The summed E-state index contributed by atoms with van der Waals surface area (Å²) in [6, 6.07) is 5.94. The summed E-state index contributed by atoms with van der Waals surface area (Å²) in [5.74, 6) is 1.03. The van der Waals surface area contributed by atoms with Gasteiger partial charge in [0.05, 0.1) is 0 Å². The Bertz CT molecular complexity index is 387. The highest BCUT2D eigenvalue weighted by Crippen LogP contribution is 2.31. The van der Waals surface area contributed by atoms with E-state index < -0.39 is 0 Å². The number of nitrogens with zero attached hydrogens (tertiary/aromatic N) is 1. The summed E-state index contributed by atoms with van der Waals surface area (Å²) < 4.78 is 0. The lowest BCUT2D eigenvalue weighted by Gasteiger charge is -2.36. The van der Waals surface area contributed by atoms with Gasteiger partial charge in [0.2, 0.25) is 0 Å². The molecule has 0 bridgehead atoms. The number of halogens is 1. The first-order valence-electron chi connectivity index (χ1n) is 6.76. The van der Waals surface area contributed by atoms with Crippen LogP contribution in [0.4, 0.5) is 0 Å². The maximum atomic E-state index is 9.89. The van der Waals surface area contributed by atoms with Crippen LogP contribution in [0, 0.1) is 5.92 Å². The summed E-state index contributed by atoms with van der Waals surface area (Å²) in [5.41, 5.74) is 0.847. The summed E-state index contributed by atoms with van der Waals surface area (Å²) in [5, 5.41) is 10.6. The van der Waals surface area contributed by atoms with E-state index in [2.05, 4.69) is 18.9 Å². The molecule has 100 valence electrons. The monoisotopic (exact) mass is 267 g/mol. The molecule has 18 heavy (non-hydrogen) atoms. The highest BCUT2D eigenvalue weighted by atomic mass is 35.5. The van der Waals surface area contributed by atoms with Crippen molar-refractivity contribution in [3.05, 3.63) is 28.8 Å². The third kappa shape index (κ3) is 2.99. The minimum Gasteiger partial charge on any atom is -0.508 e. The molecule has 0 heterocycles. The first kappa shape index (κ1) is 13.7. The van der Waals surface area contributed by atoms with E-state index in [1.165, 1.54) is 25.7 Å². The molecule has 0 spiro atoms. The van der Waals surface area contributed by atoms with Crippen LogP contribution in [0.1, 0.15) is 38.2 Å². The van der Waals surface area contributed by atoms with Gasteiger partial charge in [0, 0.05) is 23.2 Å². The van der Waals surface area contributed by atoms with Crippen molar-refractivity contribution < 1.29 is 5.11 Å². The SMILES string of the molecule is CC1CCCCC1N(C)Cc1c(O)cccc1Cl. The Morgan fingerprint density at radius 1 is 1.33 bits per heavy atom. The fourth-order valence-corrected chi connectivity index (χ4v) is 3.25. The fourth-order valence-electron chi connectivity index (χ4n) is 3.02. The Labute approximate surface area is 115 Å². The molecule has 1 fully saturated rings. The number of benzene rings is 1. The van der Waals surface area contributed by atoms with Crippen molar-refractivity contribution in [2.45, 2.75) is 45.2 Å². The van der Waals surface area contributed by atoms with E-state index in [1.807, 2.05) is 6.07 Å². The minimum absolute atomic E-state index is 0.304. The van der Waals surface area contributed by atoms with E-state index in [1.54, 1.807) is 12.1 Å². The molecule has 0 aromatic heterocycles. The predicted octanol–water partition coefficient (Wildman–Crippen LogP) is 4.06. The lowest BCUT2D eigenvalue weighted by molar-refractivity contribution is 0.132. The second-order valence-electron chi connectivity index (χ2n) is 5.48. The highest BCUT2D eigenvalue weighted by Gasteiger charge is 2.25. The second-order valence-corrected chi connectivity index (χ2v) is 5.89. The third-order valence-corrected chi connectivity index (χ3v) is 4.49. The van der Waals surface area contributed by atoms with E-state index in [4.69, 9.17) is 11.6 Å². The van der Waals surface area contributed by atoms with E-state index in [-0.39, 0.29) is 0 Å². The molecule has 3 heteroatoms. The Morgan fingerprint density at radius 2 is 2.06 bits per heavy atom. The van der Waals surface area contributed by atoms with Gasteiger partial charge in [-0.1, -0.05) is 37.4 Å². The first-order valence-corrected chi connectivity index (χ1v) is 7.14. The predicted molar refractivity (Wildman–Crippen MR) is 76.0 cm³/mol. The molecule has 2 atom stereocenters. The number of phenols is 1. The van der Waals surface area contributed by atoms with Gasteiger partial charge >= 0.3 is 0 Å². The minimum atomic E-state index is 0.304. The molecule has 1 aromatic carbocycles. The number of hydrogen-bond acceptors (Lipinski definition) is 2. The summed E-state index contributed by atoms with van der Waals surface area (Å²) in [6.07, 6.45) is 5.23. The molecule has 2 nitrogen and oxygen atoms in total. The summed E-state index contributed by atoms with van der Waals surface area (Å²) >= 11 is 6.16. The van der Waals surface area contributed by atoms with Crippen LogP contribution in [0.15, 0.2) is 18.2 Å². The molecule has 2 rings (SSSR count). The van der Waals surface area contributed by atoms with E-state index in [0.29, 0.717) is 16.8 Å². The van der Waals surface area contributed by atoms with E-state index in [0.717, 1.165) is 18.0 Å². The van der Waals surface area contributed by atoms with Crippen LogP contribution in [0.3, 0.4) is 0 Å². The summed E-state index contributed by atoms with van der Waals surface area (Å²) in [6.45, 7) is 3.05. The normalized spacial score (nSPS) is 24.4. The van der Waals surface area contributed by atoms with Crippen molar-refractivity contribution in [1.82, 2.24) is 4.90 Å². The smallest absolute Gasteiger partial charge is 0.121 e. The van der Waals surface area contributed by atoms with Gasteiger partial charge in [0.15, 0.2) is 0 Å². The van der Waals surface area contributed by atoms with Crippen molar-refractivity contribution >= 4 is 11.6 Å². The molecule has 0 aliphatic heterocycles. The quantitative estimate of drug-likeness (QED) is 0.893. The number of hydrogen-bond donors (Lipinski definition) is 1. The Hall–Kier alpha value is -0.730. The molecule has 1 aromatic rings. The Balaban J connectivity index is 2.08. The maximum Gasteiger partial charge on any atom is 0.121 e. The molecule has 0 radical (unpaired) electrons. The Kier molecular flexibility index (Phi) is 4.52. The van der Waals surface area contributed by atoms with Crippen LogP contribution in [-0.2, 0) is 6.54 Å². The van der Waals surface area contributed by atoms with Gasteiger partial charge < -0.3 is 5.11 Å². The zero-order valence-corrected chi connectivity index (χ0v) is 12.0. The van der Waals surface area contributed by atoms with E-state index >= 15 is 0 Å². The number of rotatable bonds is 3. The average Bonchev–Trinajstić information content (AvgIpc) is 2.34. The van der Waals surface area contributed by atoms with Gasteiger partial charge in [0.1, 0.15) is 5.75 Å². The van der Waals surface area contributed by atoms with Crippen molar-refractivity contribution in [2.75, 3.05) is 7.05 Å². The molecular weight excluding hydrogens is 246 g/mol. The molecule has 0 saturated heterocycles. The van der Waals surface area contributed by atoms with Crippen LogP contribution in [0.2, 0.25) is 5.02 Å². The van der Waals surface area contributed by atoms with Crippen molar-refractivity contribution in [3.63, 3.8) is 0 Å². The van der Waals surface area contributed by atoms with Gasteiger partial charge in [0.25, 0.3) is 0 Å². The fraction of sp³-hybridized carbons (Fsp3) is 0.600. The number of phenolic OH excluding ortho intramolecular Hbond substituents is 1. The topological polar surface area (TPSA) is 23.5 Å². The molecule has 1 aliphatic rings. The summed E-state index contributed by atoms with van der Waals surface area (Å²) in [7, 11) is 2.13. The van der Waals surface area contributed by atoms with Crippen molar-refractivity contribution in [3.8, 4) is 5.75 Å². The third-order valence-electron chi connectivity index (χ3n) is 4.13. The van der Waals surface area contributed by atoms with Crippen LogP contribution >= 0.6 is 11.6 Å². The standard InChI is InChI=1S/C15H22ClNO/c1-11-6-3-4-8-14(11)17(2)10-12-13(16)7-5-9-15(12)18/h5,7,9,11,14,18H,3-4,6,8,10H2,1-2H3. The van der Waals surface area contributed by atoms with Crippen LogP contribution in [0.5, 0.6) is 5.75 Å². The number of aromatic hydroxyl groups is 1. The molecule has 0 amide bonds. The second kappa shape index (κ2) is 5.94. The molecule has 1 N–H and O–H groups in total. The summed E-state index contributed by atoms with van der Waals surface area (Å²) in [4.78, 5) is 2.34. The maximum absolute atomic E-state index is 9.89. The molecule has 1 saturated carbocycles. The van der Waals surface area contributed by atoms with E-state index in [9.17, 15) is 5.11 Å². The average molecular weight is 268 g/mol. The van der Waals surface area contributed by atoms with Crippen LogP contribution in [-0.4, -0.2) is 23.1 Å². The zero-order chi connectivity index (χ0) is 13.1. The molecular formula is C15H22ClNO. The highest BCUT2D eigenvalue weighted by molar-refractivity contribution is 6.31. The molecule has 2 unspecified atom stereocenters. The Morgan fingerprint density at radius 3 is 2.72 bits per heavy atom. The van der Waals surface area contributed by atoms with Gasteiger partial charge in [-0.2, -0.15) is 0 Å². The van der Waals surface area contributed by atoms with Crippen molar-refractivity contribution in [2.24, 2.45) is 5.92 Å². The zero-order valence-electron chi connectivity index (χ0n) is 11.2. The van der Waals surface area contributed by atoms with Crippen LogP contribution in [0.25, 0.3) is 0 Å². The first-order chi connectivity index (χ1) is 8.59. The van der Waals surface area contributed by atoms with Gasteiger partial charge in [-0.25, -0.2) is 0 Å². The lowest BCUT2D eigenvalue weighted by Crippen LogP contribution is -2.38.